The molecular formula is C24H33ClN2O3. The highest BCUT2D eigenvalue weighted by Gasteiger charge is 2.55. The summed E-state index contributed by atoms with van der Waals surface area (Å²) in [5.74, 6) is 0.388. The van der Waals surface area contributed by atoms with Crippen molar-refractivity contribution in [3.8, 4) is 0 Å². The summed E-state index contributed by atoms with van der Waals surface area (Å²) in [5, 5.41) is 12.2. The Hall–Kier alpha value is -1.92. The van der Waals surface area contributed by atoms with Crippen LogP contribution in [-0.4, -0.2) is 61.9 Å². The fraction of sp³-hybridized carbons (Fsp3) is 0.458. The average molecular weight is 433 g/mol. The number of carbonyl (C=O) groups excluding carboxylic acids is 1. The molecule has 1 heterocycles. The molecule has 5 nitrogen and oxygen atoms in total. The summed E-state index contributed by atoms with van der Waals surface area (Å²) in [6.07, 6.45) is 0.895. The Morgan fingerprint density at radius 2 is 1.63 bits per heavy atom. The fourth-order valence-corrected chi connectivity index (χ4v) is 4.49. The van der Waals surface area contributed by atoms with E-state index in [1.165, 1.54) is 0 Å². The molecule has 1 amide bonds. The van der Waals surface area contributed by atoms with Gasteiger partial charge in [0.05, 0.1) is 19.8 Å². The van der Waals surface area contributed by atoms with Gasteiger partial charge in [0.25, 0.3) is 0 Å². The van der Waals surface area contributed by atoms with Crippen molar-refractivity contribution in [3.63, 3.8) is 0 Å². The lowest BCUT2D eigenvalue weighted by atomic mass is 9.66. The zero-order chi connectivity index (χ0) is 20.5. The van der Waals surface area contributed by atoms with E-state index in [0.717, 1.165) is 43.7 Å². The minimum absolute atomic E-state index is 0. The number of likely N-dealkylation sites (tertiary alicyclic amines) is 1. The number of halogens is 1. The topological polar surface area (TPSA) is 61.8 Å². The second-order valence-corrected chi connectivity index (χ2v) is 7.46. The molecule has 0 aliphatic carbocycles. The summed E-state index contributed by atoms with van der Waals surface area (Å²) in [4.78, 5) is 15.7. The van der Waals surface area contributed by atoms with Gasteiger partial charge in [-0.05, 0) is 31.0 Å². The van der Waals surface area contributed by atoms with Crippen molar-refractivity contribution in [3.05, 3.63) is 71.8 Å². The zero-order valence-electron chi connectivity index (χ0n) is 17.6. The maximum absolute atomic E-state index is 13.7. The number of likely N-dealkylation sites (N-methyl/N-ethyl adjacent to an activating group) is 1. The maximum atomic E-state index is 13.7. The van der Waals surface area contributed by atoms with Crippen LogP contribution in [0, 0.1) is 5.92 Å². The van der Waals surface area contributed by atoms with Crippen molar-refractivity contribution in [2.45, 2.75) is 18.8 Å². The first-order chi connectivity index (χ1) is 14.2. The Bertz CT molecular complexity index is 718. The lowest BCUT2D eigenvalue weighted by Crippen LogP contribution is -2.42. The number of aliphatic hydroxyl groups excluding tert-OH is 1. The third-order valence-electron chi connectivity index (χ3n) is 5.85. The molecule has 1 unspecified atom stereocenters. The predicted octanol–water partition coefficient (Wildman–Crippen LogP) is 2.86. The third kappa shape index (κ3) is 5.03. The van der Waals surface area contributed by atoms with Crippen molar-refractivity contribution in [1.29, 1.82) is 0 Å². The van der Waals surface area contributed by atoms with Crippen molar-refractivity contribution < 1.29 is 14.6 Å². The van der Waals surface area contributed by atoms with E-state index in [0.29, 0.717) is 13.2 Å². The Kier molecular flexibility index (Phi) is 9.79. The van der Waals surface area contributed by atoms with Crippen molar-refractivity contribution >= 4 is 18.3 Å². The number of ether oxygens (including phenoxy) is 1. The van der Waals surface area contributed by atoms with Gasteiger partial charge in [-0.25, -0.2) is 0 Å². The van der Waals surface area contributed by atoms with Gasteiger partial charge in [-0.2, -0.15) is 0 Å². The Morgan fingerprint density at radius 1 is 1.03 bits per heavy atom. The number of hydrogen-bond donors (Lipinski definition) is 2. The molecule has 2 aromatic rings. The predicted molar refractivity (Wildman–Crippen MR) is 122 cm³/mol. The van der Waals surface area contributed by atoms with Crippen LogP contribution in [0.2, 0.25) is 0 Å². The van der Waals surface area contributed by atoms with Gasteiger partial charge in [0.15, 0.2) is 0 Å². The first-order valence-electron chi connectivity index (χ1n) is 10.5. The molecule has 0 aromatic heterocycles. The SMILES string of the molecule is CCN1CC(CCNCCOCCO)C(c2ccccc2)(c2ccccc2)C1=O.Cl. The Morgan fingerprint density at radius 3 is 2.17 bits per heavy atom. The molecule has 1 atom stereocenters. The maximum Gasteiger partial charge on any atom is 0.238 e. The van der Waals surface area contributed by atoms with Crippen LogP contribution in [0.25, 0.3) is 0 Å². The summed E-state index contributed by atoms with van der Waals surface area (Å²) < 4.78 is 5.31. The van der Waals surface area contributed by atoms with Crippen LogP contribution in [0.4, 0.5) is 0 Å². The van der Waals surface area contributed by atoms with Gasteiger partial charge >= 0.3 is 0 Å². The molecule has 164 valence electrons. The van der Waals surface area contributed by atoms with Crippen LogP contribution in [0.1, 0.15) is 24.5 Å². The highest BCUT2D eigenvalue weighted by molar-refractivity contribution is 5.94. The normalized spacial score (nSPS) is 17.7. The van der Waals surface area contributed by atoms with Gasteiger partial charge in [-0.3, -0.25) is 4.79 Å². The van der Waals surface area contributed by atoms with E-state index in [-0.39, 0.29) is 30.8 Å². The van der Waals surface area contributed by atoms with Crippen LogP contribution in [-0.2, 0) is 14.9 Å². The lowest BCUT2D eigenvalue weighted by molar-refractivity contribution is -0.131. The quantitative estimate of drug-likeness (QED) is 0.536. The second kappa shape index (κ2) is 12.1. The van der Waals surface area contributed by atoms with Crippen LogP contribution >= 0.6 is 12.4 Å². The Labute approximate surface area is 185 Å². The summed E-state index contributed by atoms with van der Waals surface area (Å²) in [6, 6.07) is 20.5. The number of aliphatic hydroxyl groups is 1. The van der Waals surface area contributed by atoms with Gasteiger partial charge in [0.1, 0.15) is 5.41 Å². The van der Waals surface area contributed by atoms with Crippen molar-refractivity contribution in [1.82, 2.24) is 10.2 Å². The first kappa shape index (κ1) is 24.4. The number of nitrogens with zero attached hydrogens (tertiary/aromatic N) is 1. The molecule has 1 fully saturated rings. The number of benzene rings is 2. The highest BCUT2D eigenvalue weighted by atomic mass is 35.5. The molecule has 2 N–H and O–H groups in total. The number of nitrogens with one attached hydrogen (secondary N) is 1. The summed E-state index contributed by atoms with van der Waals surface area (Å²) in [6.45, 7) is 6.09. The molecule has 3 rings (SSSR count). The van der Waals surface area contributed by atoms with Crippen molar-refractivity contribution in [2.24, 2.45) is 5.92 Å². The summed E-state index contributed by atoms with van der Waals surface area (Å²) >= 11 is 0. The molecule has 6 heteroatoms. The van der Waals surface area contributed by atoms with Gasteiger partial charge in [-0.1, -0.05) is 60.7 Å². The average Bonchev–Trinajstić information content (AvgIpc) is 3.06. The second-order valence-electron chi connectivity index (χ2n) is 7.46. The van der Waals surface area contributed by atoms with Crippen molar-refractivity contribution in [2.75, 3.05) is 46.0 Å². The van der Waals surface area contributed by atoms with Gasteiger partial charge in [0, 0.05) is 25.6 Å². The monoisotopic (exact) mass is 432 g/mol. The van der Waals surface area contributed by atoms with Crippen LogP contribution in [0.15, 0.2) is 60.7 Å². The standard InChI is InChI=1S/C24H32N2O3.ClH/c1-2-26-19-22(13-14-25-15-17-29-18-16-27)24(23(26)28,20-9-5-3-6-10-20)21-11-7-4-8-12-21;/h3-12,22,25,27H,2,13-19H2,1H3;1H. The minimum atomic E-state index is -0.645. The number of carbonyl (C=O) groups is 1. The first-order valence-corrected chi connectivity index (χ1v) is 10.5. The number of amides is 1. The lowest BCUT2D eigenvalue weighted by Gasteiger charge is -2.34. The smallest absolute Gasteiger partial charge is 0.238 e. The molecule has 0 saturated carbocycles. The molecule has 1 saturated heterocycles. The van der Waals surface area contributed by atoms with E-state index >= 15 is 0 Å². The van der Waals surface area contributed by atoms with E-state index in [1.54, 1.807) is 0 Å². The van der Waals surface area contributed by atoms with E-state index < -0.39 is 5.41 Å². The van der Waals surface area contributed by atoms with Crippen LogP contribution in [0.5, 0.6) is 0 Å². The fourth-order valence-electron chi connectivity index (χ4n) is 4.49. The number of rotatable bonds is 11. The van der Waals surface area contributed by atoms with E-state index in [2.05, 4.69) is 36.5 Å². The van der Waals surface area contributed by atoms with Gasteiger partial charge in [-0.15, -0.1) is 12.4 Å². The van der Waals surface area contributed by atoms with Gasteiger partial charge in [0.2, 0.25) is 5.91 Å². The number of hydrogen-bond acceptors (Lipinski definition) is 4. The molecule has 0 spiro atoms. The molecule has 0 radical (unpaired) electrons. The summed E-state index contributed by atoms with van der Waals surface area (Å²) in [5.41, 5.74) is 1.50. The minimum Gasteiger partial charge on any atom is -0.394 e. The van der Waals surface area contributed by atoms with E-state index in [9.17, 15) is 4.79 Å². The zero-order valence-corrected chi connectivity index (χ0v) is 18.4. The largest absolute Gasteiger partial charge is 0.394 e. The molecule has 2 aromatic carbocycles. The van der Waals surface area contributed by atoms with E-state index in [4.69, 9.17) is 9.84 Å². The molecule has 0 bridgehead atoms. The van der Waals surface area contributed by atoms with E-state index in [1.807, 2.05) is 41.3 Å². The van der Waals surface area contributed by atoms with Crippen LogP contribution < -0.4 is 5.32 Å². The molecule has 30 heavy (non-hydrogen) atoms. The van der Waals surface area contributed by atoms with Crippen LogP contribution in [0.3, 0.4) is 0 Å². The molecular weight excluding hydrogens is 400 g/mol. The third-order valence-corrected chi connectivity index (χ3v) is 5.85. The summed E-state index contributed by atoms with van der Waals surface area (Å²) in [7, 11) is 0. The highest BCUT2D eigenvalue weighted by Crippen LogP contribution is 2.47. The Balaban J connectivity index is 0.00000320. The molecule has 1 aliphatic heterocycles. The van der Waals surface area contributed by atoms with Gasteiger partial charge < -0.3 is 20.1 Å². The molecule has 1 aliphatic rings.